The summed E-state index contributed by atoms with van der Waals surface area (Å²) < 4.78 is 1.10. The predicted molar refractivity (Wildman–Crippen MR) is 83.1 cm³/mol. The van der Waals surface area contributed by atoms with Crippen molar-refractivity contribution in [1.29, 1.82) is 0 Å². The molecule has 0 heterocycles. The summed E-state index contributed by atoms with van der Waals surface area (Å²) in [5.41, 5.74) is 1.22. The van der Waals surface area contributed by atoms with Crippen LogP contribution in [0, 0.1) is 0 Å². The summed E-state index contributed by atoms with van der Waals surface area (Å²) in [5, 5.41) is 2.86. The van der Waals surface area contributed by atoms with Crippen LogP contribution >= 0.6 is 15.9 Å². The number of carbonyl (C=O) groups is 1. The number of likely N-dealkylation sites (N-methyl/N-ethyl adjacent to an activating group) is 1. The van der Waals surface area contributed by atoms with E-state index < -0.39 is 0 Å². The molecule has 1 aromatic carbocycles. The fourth-order valence-corrected chi connectivity index (χ4v) is 2.76. The van der Waals surface area contributed by atoms with E-state index in [0.717, 1.165) is 17.4 Å². The van der Waals surface area contributed by atoms with E-state index in [4.69, 9.17) is 0 Å². The van der Waals surface area contributed by atoms with E-state index in [9.17, 15) is 4.79 Å². The van der Waals surface area contributed by atoms with Gasteiger partial charge in [0.15, 0.2) is 0 Å². The minimum atomic E-state index is 0.0925. The highest BCUT2D eigenvalue weighted by Crippen LogP contribution is 2.27. The van der Waals surface area contributed by atoms with Crippen molar-refractivity contribution in [2.75, 3.05) is 19.6 Å². The van der Waals surface area contributed by atoms with Gasteiger partial charge in [0, 0.05) is 17.1 Å². The van der Waals surface area contributed by atoms with Gasteiger partial charge in [-0.2, -0.15) is 0 Å². The lowest BCUT2D eigenvalue weighted by molar-refractivity contribution is -0.122. The maximum atomic E-state index is 11.8. The highest BCUT2D eigenvalue weighted by Gasteiger charge is 2.19. The third-order valence-electron chi connectivity index (χ3n) is 3.13. The van der Waals surface area contributed by atoms with Crippen LogP contribution < -0.4 is 5.32 Å². The highest BCUT2D eigenvalue weighted by atomic mass is 79.9. The molecule has 0 aliphatic carbocycles. The lowest BCUT2D eigenvalue weighted by Gasteiger charge is -2.29. The van der Waals surface area contributed by atoms with Crippen molar-refractivity contribution in [1.82, 2.24) is 10.2 Å². The van der Waals surface area contributed by atoms with Crippen LogP contribution in [-0.4, -0.2) is 30.4 Å². The maximum Gasteiger partial charge on any atom is 0.234 e. The molecule has 0 aliphatic heterocycles. The third kappa shape index (κ3) is 4.96. The van der Waals surface area contributed by atoms with Crippen molar-refractivity contribution in [3.05, 3.63) is 34.3 Å². The Hall–Kier alpha value is -0.870. The quantitative estimate of drug-likeness (QED) is 0.833. The first-order valence-corrected chi connectivity index (χ1v) is 7.64. The summed E-state index contributed by atoms with van der Waals surface area (Å²) in [6.07, 6.45) is 1.04. The van der Waals surface area contributed by atoms with Gasteiger partial charge in [0.2, 0.25) is 5.91 Å². The highest BCUT2D eigenvalue weighted by molar-refractivity contribution is 9.10. The number of carbonyl (C=O) groups excluding carboxylic acids is 1. The van der Waals surface area contributed by atoms with E-state index >= 15 is 0 Å². The van der Waals surface area contributed by atoms with Gasteiger partial charge >= 0.3 is 0 Å². The first-order valence-electron chi connectivity index (χ1n) is 6.85. The number of nitrogens with one attached hydrogen (secondary N) is 1. The van der Waals surface area contributed by atoms with Crippen LogP contribution in [0.4, 0.5) is 0 Å². The zero-order chi connectivity index (χ0) is 14.3. The molecule has 0 aliphatic rings. The molecule has 1 atom stereocenters. The Morgan fingerprint density at radius 2 is 2.05 bits per heavy atom. The van der Waals surface area contributed by atoms with Crippen LogP contribution in [-0.2, 0) is 4.79 Å². The van der Waals surface area contributed by atoms with Crippen molar-refractivity contribution in [3.63, 3.8) is 0 Å². The largest absolute Gasteiger partial charge is 0.355 e. The molecular formula is C15H23BrN2O. The molecule has 0 fully saturated rings. The van der Waals surface area contributed by atoms with Crippen molar-refractivity contribution >= 4 is 21.8 Å². The molecule has 1 unspecified atom stereocenters. The van der Waals surface area contributed by atoms with E-state index in [1.54, 1.807) is 0 Å². The Labute approximate surface area is 124 Å². The van der Waals surface area contributed by atoms with E-state index in [-0.39, 0.29) is 11.9 Å². The topological polar surface area (TPSA) is 32.3 Å². The van der Waals surface area contributed by atoms with Gasteiger partial charge < -0.3 is 5.32 Å². The summed E-state index contributed by atoms with van der Waals surface area (Å²) in [7, 11) is 0. The van der Waals surface area contributed by atoms with Gasteiger partial charge in [0.1, 0.15) is 0 Å². The summed E-state index contributed by atoms with van der Waals surface area (Å²) >= 11 is 3.59. The van der Waals surface area contributed by atoms with Gasteiger partial charge in [0.25, 0.3) is 0 Å². The number of hydrogen-bond acceptors (Lipinski definition) is 2. The number of rotatable bonds is 7. The second-order valence-electron chi connectivity index (χ2n) is 4.62. The molecule has 3 nitrogen and oxygen atoms in total. The third-order valence-corrected chi connectivity index (χ3v) is 3.86. The van der Waals surface area contributed by atoms with Crippen LogP contribution in [0.1, 0.15) is 38.8 Å². The van der Waals surface area contributed by atoms with Crippen LogP contribution in [0.2, 0.25) is 0 Å². The lowest BCUT2D eigenvalue weighted by Crippen LogP contribution is -2.39. The van der Waals surface area contributed by atoms with Gasteiger partial charge in [-0.05, 0) is 38.4 Å². The molecule has 0 spiro atoms. The first-order chi connectivity index (χ1) is 9.10. The van der Waals surface area contributed by atoms with Crippen molar-refractivity contribution in [2.45, 2.75) is 33.2 Å². The standard InChI is InChI=1S/C15H23BrN2O/c1-4-10-18(11-15(19)17-5-2)12(3)13-8-6-7-9-14(13)16/h6-9,12H,4-5,10-11H2,1-3H3,(H,17,19). The van der Waals surface area contributed by atoms with E-state index in [1.165, 1.54) is 5.56 Å². The molecule has 0 aromatic heterocycles. The van der Waals surface area contributed by atoms with Crippen LogP contribution in [0.5, 0.6) is 0 Å². The van der Waals surface area contributed by atoms with Gasteiger partial charge in [0.05, 0.1) is 6.54 Å². The molecule has 19 heavy (non-hydrogen) atoms. The Balaban J connectivity index is 2.80. The van der Waals surface area contributed by atoms with Crippen molar-refractivity contribution in [3.8, 4) is 0 Å². The normalized spacial score (nSPS) is 12.5. The van der Waals surface area contributed by atoms with E-state index in [2.05, 4.69) is 46.1 Å². The van der Waals surface area contributed by atoms with Crippen LogP contribution in [0.25, 0.3) is 0 Å². The Morgan fingerprint density at radius 3 is 2.63 bits per heavy atom. The summed E-state index contributed by atoms with van der Waals surface area (Å²) in [5.74, 6) is 0.0925. The van der Waals surface area contributed by atoms with E-state index in [0.29, 0.717) is 13.1 Å². The number of benzene rings is 1. The summed E-state index contributed by atoms with van der Waals surface area (Å²) in [4.78, 5) is 14.0. The van der Waals surface area contributed by atoms with Crippen molar-refractivity contribution < 1.29 is 4.79 Å². The maximum absolute atomic E-state index is 11.8. The predicted octanol–water partition coefficient (Wildman–Crippen LogP) is 3.36. The molecule has 0 radical (unpaired) electrons. The molecule has 0 saturated heterocycles. The molecule has 4 heteroatoms. The van der Waals surface area contributed by atoms with Gasteiger partial charge in [-0.15, -0.1) is 0 Å². The number of hydrogen-bond donors (Lipinski definition) is 1. The van der Waals surface area contributed by atoms with E-state index in [1.807, 2.05) is 25.1 Å². The number of nitrogens with zero attached hydrogens (tertiary/aromatic N) is 1. The molecular weight excluding hydrogens is 304 g/mol. The SMILES string of the molecule is CCCN(CC(=O)NCC)C(C)c1ccccc1Br. The molecule has 106 valence electrons. The van der Waals surface area contributed by atoms with Crippen LogP contribution in [0.15, 0.2) is 28.7 Å². The molecule has 1 amide bonds. The zero-order valence-corrected chi connectivity index (χ0v) is 13.5. The number of amides is 1. The average molecular weight is 327 g/mol. The monoisotopic (exact) mass is 326 g/mol. The Morgan fingerprint density at radius 1 is 1.37 bits per heavy atom. The van der Waals surface area contributed by atoms with Crippen molar-refractivity contribution in [2.24, 2.45) is 0 Å². The molecule has 0 saturated carbocycles. The smallest absolute Gasteiger partial charge is 0.234 e. The van der Waals surface area contributed by atoms with Gasteiger partial charge in [-0.1, -0.05) is 41.1 Å². The lowest BCUT2D eigenvalue weighted by atomic mass is 10.1. The average Bonchev–Trinajstić information content (AvgIpc) is 2.38. The molecule has 1 rings (SSSR count). The summed E-state index contributed by atoms with van der Waals surface area (Å²) in [6.45, 7) is 8.28. The summed E-state index contributed by atoms with van der Waals surface area (Å²) in [6, 6.07) is 8.41. The second-order valence-corrected chi connectivity index (χ2v) is 5.48. The zero-order valence-electron chi connectivity index (χ0n) is 11.9. The second kappa shape index (κ2) is 8.33. The Bertz CT molecular complexity index is 409. The molecule has 0 bridgehead atoms. The minimum absolute atomic E-state index is 0.0925. The molecule has 1 aromatic rings. The van der Waals surface area contributed by atoms with Gasteiger partial charge in [-0.3, -0.25) is 9.69 Å². The Kier molecular flexibility index (Phi) is 7.10. The molecule has 1 N–H and O–H groups in total. The fraction of sp³-hybridized carbons (Fsp3) is 0.533. The minimum Gasteiger partial charge on any atom is -0.355 e. The van der Waals surface area contributed by atoms with Gasteiger partial charge in [-0.25, -0.2) is 0 Å². The first kappa shape index (κ1) is 16.2. The number of halogens is 1. The fourth-order valence-electron chi connectivity index (χ4n) is 2.14. The van der Waals surface area contributed by atoms with Crippen LogP contribution in [0.3, 0.4) is 0 Å².